The number of fused-ring (bicyclic) bond motifs is 2. The van der Waals surface area contributed by atoms with Crippen LogP contribution in [-0.2, 0) is 4.74 Å². The molecule has 0 saturated carbocycles. The summed E-state index contributed by atoms with van der Waals surface area (Å²) >= 11 is 0. The molecule has 6 rings (SSSR count). The molecule has 0 spiro atoms. The minimum absolute atomic E-state index is 0.00570. The van der Waals surface area contributed by atoms with Gasteiger partial charge < -0.3 is 24.3 Å². The number of hydrogen-bond donors (Lipinski definition) is 2. The molecule has 2 unspecified atom stereocenters. The first kappa shape index (κ1) is 53.7. The molecular formula is C53H75F5N4O4Si2. The van der Waals surface area contributed by atoms with Crippen molar-refractivity contribution in [2.75, 3.05) is 39.9 Å². The Morgan fingerprint density at radius 2 is 1.51 bits per heavy atom. The van der Waals surface area contributed by atoms with Crippen LogP contribution < -0.4 is 14.5 Å². The van der Waals surface area contributed by atoms with Crippen molar-refractivity contribution in [1.29, 1.82) is 0 Å². The zero-order valence-electron chi connectivity index (χ0n) is 42.9. The SMILES string of the molecule is CC(C)[Si](C#Cc1c(F)ccc2cc(O[Si](C(C)C)(C(C)C)C(C)C)cc(-c3c(F)cc4c(C5CNCC(C)(O)CO5)nc(OC[C@@]5(C)CCCN(C)[C@@H]5C(F)F)nc4c3F)c12)(C(C)C)C(C)C. The van der Waals surface area contributed by atoms with Gasteiger partial charge in [0.25, 0.3) is 14.7 Å². The van der Waals surface area contributed by atoms with Gasteiger partial charge in [-0.3, -0.25) is 4.90 Å². The van der Waals surface area contributed by atoms with Crippen molar-refractivity contribution in [3.05, 3.63) is 59.0 Å². The lowest BCUT2D eigenvalue weighted by atomic mass is 9.75. The van der Waals surface area contributed by atoms with Crippen LogP contribution in [0, 0.1) is 34.3 Å². The number of piperidine rings is 1. The third-order valence-corrected chi connectivity index (χ3v) is 27.7. The number of aromatic nitrogens is 2. The average molecular weight is 983 g/mol. The molecule has 2 saturated heterocycles. The normalized spacial score (nSPS) is 22.4. The fourth-order valence-corrected chi connectivity index (χ4v) is 22.6. The maximum Gasteiger partial charge on any atom is 0.317 e. The molecule has 3 aromatic carbocycles. The van der Waals surface area contributed by atoms with E-state index in [1.807, 2.05) is 6.07 Å². The van der Waals surface area contributed by atoms with Crippen LogP contribution in [-0.4, -0.2) is 94.3 Å². The number of β-amino-alcohol motifs (C(OH)–C–C–N with tert-alkyl or cyclic N) is 1. The fourth-order valence-electron chi connectivity index (χ4n) is 12.2. The number of alkyl halides is 2. The topological polar surface area (TPSA) is 89.0 Å². The summed E-state index contributed by atoms with van der Waals surface area (Å²) in [6.07, 6.45) is -2.48. The van der Waals surface area contributed by atoms with E-state index in [4.69, 9.17) is 13.9 Å². The summed E-state index contributed by atoms with van der Waals surface area (Å²) in [5.41, 5.74) is 1.97. The predicted molar refractivity (Wildman–Crippen MR) is 269 cm³/mol. The Bertz CT molecular complexity index is 2480. The highest BCUT2D eigenvalue weighted by molar-refractivity contribution is 6.90. The second kappa shape index (κ2) is 20.6. The Hall–Kier alpha value is -3.66. The van der Waals surface area contributed by atoms with Gasteiger partial charge in [-0.15, -0.1) is 5.54 Å². The number of hydrogen-bond acceptors (Lipinski definition) is 8. The highest BCUT2D eigenvalue weighted by Crippen LogP contribution is 2.47. The zero-order chi connectivity index (χ0) is 50.4. The Morgan fingerprint density at radius 3 is 2.10 bits per heavy atom. The van der Waals surface area contributed by atoms with Gasteiger partial charge in [0.1, 0.15) is 37.1 Å². The number of rotatable bonds is 14. The second-order valence-electron chi connectivity index (χ2n) is 22.1. The largest absolute Gasteiger partial charge is 0.543 e. The number of aliphatic hydroxyl groups is 1. The van der Waals surface area contributed by atoms with Gasteiger partial charge >= 0.3 is 6.01 Å². The molecule has 2 aliphatic heterocycles. The summed E-state index contributed by atoms with van der Waals surface area (Å²) in [5.74, 6) is 1.07. The number of ether oxygens (including phenoxy) is 2. The van der Waals surface area contributed by atoms with Crippen LogP contribution in [0.2, 0.25) is 33.2 Å². The highest BCUT2D eigenvalue weighted by Gasteiger charge is 2.48. The molecule has 2 aliphatic rings. The van der Waals surface area contributed by atoms with Crippen LogP contribution in [0.4, 0.5) is 22.0 Å². The molecule has 0 bridgehead atoms. The molecule has 374 valence electrons. The molecule has 2 N–H and O–H groups in total. The monoisotopic (exact) mass is 983 g/mol. The van der Waals surface area contributed by atoms with E-state index in [9.17, 15) is 13.9 Å². The fraction of sp³-hybridized carbons (Fsp3) is 0.623. The summed E-state index contributed by atoms with van der Waals surface area (Å²) in [5, 5.41) is 14.8. The van der Waals surface area contributed by atoms with Crippen LogP contribution in [0.3, 0.4) is 0 Å². The van der Waals surface area contributed by atoms with Crippen LogP contribution in [0.5, 0.6) is 11.8 Å². The van der Waals surface area contributed by atoms with E-state index >= 15 is 13.2 Å². The Morgan fingerprint density at radius 1 is 0.882 bits per heavy atom. The lowest BCUT2D eigenvalue weighted by Gasteiger charge is -2.45. The van der Waals surface area contributed by atoms with Crippen LogP contribution >= 0.6 is 0 Å². The van der Waals surface area contributed by atoms with E-state index in [1.54, 1.807) is 37.9 Å². The lowest BCUT2D eigenvalue weighted by Crippen LogP contribution is -2.55. The third kappa shape index (κ3) is 10.1. The van der Waals surface area contributed by atoms with Gasteiger partial charge in [0.15, 0.2) is 5.82 Å². The first-order valence-electron chi connectivity index (χ1n) is 24.6. The summed E-state index contributed by atoms with van der Waals surface area (Å²) in [6, 6.07) is 6.17. The van der Waals surface area contributed by atoms with Gasteiger partial charge in [0, 0.05) is 34.8 Å². The van der Waals surface area contributed by atoms with E-state index in [1.165, 1.54) is 6.07 Å². The molecule has 8 nitrogen and oxygen atoms in total. The van der Waals surface area contributed by atoms with Crippen molar-refractivity contribution < 1.29 is 41.0 Å². The predicted octanol–water partition coefficient (Wildman–Crippen LogP) is 13.1. The smallest absolute Gasteiger partial charge is 0.317 e. The first-order chi connectivity index (χ1) is 31.7. The average Bonchev–Trinajstić information content (AvgIpc) is 3.41. The molecule has 68 heavy (non-hydrogen) atoms. The standard InChI is InChI=1S/C53H75F5N4O4Si2/c1-30(2)67(31(3)4,32(5)6)22-19-38-41(54)18-17-36-23-37(66-68(33(7)8,34(9)10)35(11)12)24-39(44(36)38)45-42(55)25-40-47(43-26-59-27-53(14,63)29-64-43)60-51(61-48(40)46(45)56)65-28-52(13)20-16-21-62(15)49(52)50(57)58/h17-18,23-25,30-35,43,49-50,59,63H,16,20-21,26-29H2,1-15H3/t43?,49-,52-,53?/m1/s1. The summed E-state index contributed by atoms with van der Waals surface area (Å²) in [6.45, 7) is 29.7. The van der Waals surface area contributed by atoms with Crippen molar-refractivity contribution in [2.24, 2.45) is 5.41 Å². The summed E-state index contributed by atoms with van der Waals surface area (Å²) < 4.78 is 101. The van der Waals surface area contributed by atoms with Crippen molar-refractivity contribution in [3.63, 3.8) is 0 Å². The molecule has 0 amide bonds. The summed E-state index contributed by atoms with van der Waals surface area (Å²) in [4.78, 5) is 10.9. The number of halogens is 5. The minimum Gasteiger partial charge on any atom is -0.543 e. The number of nitrogens with one attached hydrogen (secondary N) is 1. The van der Waals surface area contributed by atoms with E-state index in [-0.39, 0.29) is 98.7 Å². The highest BCUT2D eigenvalue weighted by atomic mass is 28.4. The van der Waals surface area contributed by atoms with Crippen molar-refractivity contribution >= 4 is 38.1 Å². The van der Waals surface area contributed by atoms with Gasteiger partial charge in [-0.05, 0) is 96.3 Å². The van der Waals surface area contributed by atoms with Gasteiger partial charge in [-0.25, -0.2) is 22.0 Å². The Labute approximate surface area is 403 Å². The van der Waals surface area contributed by atoms with Crippen LogP contribution in [0.25, 0.3) is 32.8 Å². The molecule has 2 fully saturated rings. The van der Waals surface area contributed by atoms with E-state index in [0.29, 0.717) is 30.5 Å². The quantitative estimate of drug-likeness (QED) is 0.0734. The van der Waals surface area contributed by atoms with Crippen LogP contribution in [0.15, 0.2) is 30.3 Å². The maximum atomic E-state index is 18.2. The molecule has 4 atom stereocenters. The van der Waals surface area contributed by atoms with Crippen molar-refractivity contribution in [1.82, 2.24) is 20.2 Å². The number of benzene rings is 3. The van der Waals surface area contributed by atoms with Gasteiger partial charge in [0.2, 0.25) is 0 Å². The number of likely N-dealkylation sites (tertiary alicyclic amines) is 1. The lowest BCUT2D eigenvalue weighted by molar-refractivity contribution is -0.0764. The van der Waals surface area contributed by atoms with Gasteiger partial charge in [-0.1, -0.05) is 102 Å². The molecule has 3 heterocycles. The van der Waals surface area contributed by atoms with Crippen molar-refractivity contribution in [3.8, 4) is 34.4 Å². The minimum atomic E-state index is -2.66. The second-order valence-corrected chi connectivity index (χ2v) is 33.1. The molecule has 0 aliphatic carbocycles. The molecular weight excluding hydrogens is 908 g/mol. The van der Waals surface area contributed by atoms with Gasteiger partial charge in [0.05, 0.1) is 41.7 Å². The van der Waals surface area contributed by atoms with E-state index < -0.39 is 69.0 Å². The third-order valence-electron chi connectivity index (χ3n) is 15.4. The number of nitrogens with zero attached hydrogens (tertiary/aromatic N) is 3. The molecule has 0 radical (unpaired) electrons. The van der Waals surface area contributed by atoms with Gasteiger partial charge in [-0.2, -0.15) is 9.97 Å². The maximum absolute atomic E-state index is 18.2. The van der Waals surface area contributed by atoms with Crippen molar-refractivity contribution in [2.45, 2.75) is 167 Å². The van der Waals surface area contributed by atoms with E-state index in [2.05, 4.69) is 110 Å². The molecule has 4 aromatic rings. The Balaban J connectivity index is 1.68. The van der Waals surface area contributed by atoms with Crippen LogP contribution in [0.1, 0.15) is 127 Å². The summed E-state index contributed by atoms with van der Waals surface area (Å²) in [7, 11) is -3.44. The molecule has 1 aromatic heterocycles. The Kier molecular flexibility index (Phi) is 16.3. The van der Waals surface area contributed by atoms with E-state index in [0.717, 1.165) is 6.07 Å². The first-order valence-corrected chi connectivity index (χ1v) is 28.9. The molecule has 15 heteroatoms. The zero-order valence-corrected chi connectivity index (χ0v) is 44.9.